The molecule has 0 aliphatic rings. The summed E-state index contributed by atoms with van der Waals surface area (Å²) in [4.78, 5) is 0. The normalized spacial score (nSPS) is 11.3. The minimum Gasteiger partial charge on any atom is -0.428 e. The van der Waals surface area contributed by atoms with Crippen molar-refractivity contribution in [1.29, 1.82) is 0 Å². The lowest BCUT2D eigenvalue weighted by Crippen LogP contribution is -2.43. The Morgan fingerprint density at radius 1 is 0.609 bits per heavy atom. The predicted molar refractivity (Wildman–Crippen MR) is 105 cm³/mol. The third-order valence-corrected chi connectivity index (χ3v) is 5.88. The molecule has 0 bridgehead atoms. The van der Waals surface area contributed by atoms with E-state index in [1.54, 1.807) is 0 Å². The van der Waals surface area contributed by atoms with Crippen molar-refractivity contribution in [3.8, 4) is 0 Å². The largest absolute Gasteiger partial charge is 0.497 e. The van der Waals surface area contributed by atoms with Crippen LogP contribution in [0.25, 0.3) is 0 Å². The Morgan fingerprint density at radius 3 is 1.13 bits per heavy atom. The van der Waals surface area contributed by atoms with Crippen molar-refractivity contribution >= 4 is 19.3 Å². The lowest BCUT2D eigenvalue weighted by atomic mass is 10.4. The van der Waals surface area contributed by atoms with Gasteiger partial charge in [0, 0.05) is 33.0 Å². The molecule has 23 heavy (non-hydrogen) atoms. The van der Waals surface area contributed by atoms with Crippen molar-refractivity contribution in [1.82, 2.24) is 0 Å². The van der Waals surface area contributed by atoms with Gasteiger partial charge in [-0.1, -0.05) is 53.4 Å². The first kappa shape index (κ1) is 25.5. The lowest BCUT2D eigenvalue weighted by Gasteiger charge is -2.26. The summed E-state index contributed by atoms with van der Waals surface area (Å²) in [5.74, 6) is 0. The molecular formula is C17H42O4Si2. The molecule has 0 spiro atoms. The van der Waals surface area contributed by atoms with Crippen LogP contribution in [-0.2, 0) is 17.7 Å². The SMILES string of the molecule is CCCCO[SiH3].CCCCO[Si](C)(OCCCC)OCCCC. The van der Waals surface area contributed by atoms with Gasteiger partial charge in [-0.15, -0.1) is 0 Å². The zero-order valence-electron chi connectivity index (χ0n) is 16.6. The maximum atomic E-state index is 5.86. The van der Waals surface area contributed by atoms with Gasteiger partial charge in [-0.2, -0.15) is 0 Å². The standard InChI is InChI=1S/C13H30O3Si.C4H12OSi/c1-5-8-11-14-17(4,15-12-9-6-2)16-13-10-7-3;1-2-3-4-5-6/h5-13H2,1-4H3;2-4H2,1,6H3. The van der Waals surface area contributed by atoms with Crippen LogP contribution >= 0.6 is 0 Å². The van der Waals surface area contributed by atoms with Crippen LogP contribution in [0.3, 0.4) is 0 Å². The second kappa shape index (κ2) is 20.3. The number of hydrogen-bond acceptors (Lipinski definition) is 4. The molecule has 0 fully saturated rings. The molecule has 0 saturated heterocycles. The minimum atomic E-state index is -2.36. The summed E-state index contributed by atoms with van der Waals surface area (Å²) >= 11 is 0. The fourth-order valence-electron chi connectivity index (χ4n) is 1.62. The number of unbranched alkanes of at least 4 members (excludes halogenated alkanes) is 4. The minimum absolute atomic E-state index is 0.761. The van der Waals surface area contributed by atoms with Gasteiger partial charge in [0.2, 0.25) is 0 Å². The first-order valence-corrected chi connectivity index (χ1v) is 12.5. The van der Waals surface area contributed by atoms with Crippen molar-refractivity contribution < 1.29 is 17.7 Å². The van der Waals surface area contributed by atoms with Crippen LogP contribution in [-0.4, -0.2) is 45.7 Å². The molecule has 0 aliphatic carbocycles. The van der Waals surface area contributed by atoms with E-state index in [9.17, 15) is 0 Å². The van der Waals surface area contributed by atoms with Crippen LogP contribution in [0, 0.1) is 0 Å². The molecule has 142 valence electrons. The first-order valence-electron chi connectivity index (χ1n) is 9.50. The fraction of sp³-hybridized carbons (Fsp3) is 1.00. The number of rotatable bonds is 15. The van der Waals surface area contributed by atoms with Gasteiger partial charge in [-0.05, 0) is 25.7 Å². The summed E-state index contributed by atoms with van der Waals surface area (Å²) in [6.45, 7) is 13.9. The maximum Gasteiger partial charge on any atom is 0.497 e. The molecule has 0 aliphatic heterocycles. The summed E-state index contributed by atoms with van der Waals surface area (Å²) in [5.41, 5.74) is 0. The molecule has 0 heterocycles. The Bertz CT molecular complexity index is 188. The molecule has 0 saturated carbocycles. The second-order valence-electron chi connectivity index (χ2n) is 5.81. The molecule has 0 aromatic heterocycles. The molecule has 0 unspecified atom stereocenters. The van der Waals surface area contributed by atoms with Gasteiger partial charge in [-0.25, -0.2) is 0 Å². The third-order valence-electron chi connectivity index (χ3n) is 3.29. The third kappa shape index (κ3) is 20.2. The van der Waals surface area contributed by atoms with E-state index in [4.69, 9.17) is 17.7 Å². The average Bonchev–Trinajstić information content (AvgIpc) is 2.54. The topological polar surface area (TPSA) is 36.9 Å². The zero-order chi connectivity index (χ0) is 17.8. The summed E-state index contributed by atoms with van der Waals surface area (Å²) in [6, 6.07) is 0. The van der Waals surface area contributed by atoms with Crippen molar-refractivity contribution in [3.05, 3.63) is 0 Å². The summed E-state index contributed by atoms with van der Waals surface area (Å²) in [7, 11) is -1.46. The van der Waals surface area contributed by atoms with Crippen molar-refractivity contribution in [3.63, 3.8) is 0 Å². The van der Waals surface area contributed by atoms with Gasteiger partial charge in [0.25, 0.3) is 0 Å². The highest BCUT2D eigenvalue weighted by Crippen LogP contribution is 2.12. The van der Waals surface area contributed by atoms with Gasteiger partial charge >= 0.3 is 8.80 Å². The van der Waals surface area contributed by atoms with Crippen LogP contribution in [0.1, 0.15) is 79.1 Å². The molecule has 0 aromatic rings. The zero-order valence-corrected chi connectivity index (χ0v) is 19.6. The van der Waals surface area contributed by atoms with Crippen molar-refractivity contribution in [2.75, 3.05) is 26.4 Å². The molecule has 0 aromatic carbocycles. The highest BCUT2D eigenvalue weighted by Gasteiger charge is 2.34. The molecule has 4 nitrogen and oxygen atoms in total. The van der Waals surface area contributed by atoms with E-state index < -0.39 is 8.80 Å². The van der Waals surface area contributed by atoms with Crippen molar-refractivity contribution in [2.24, 2.45) is 0 Å². The molecular weight excluding hydrogens is 324 g/mol. The van der Waals surface area contributed by atoms with Crippen LogP contribution in [0.15, 0.2) is 0 Å². The monoisotopic (exact) mass is 366 g/mol. The predicted octanol–water partition coefficient (Wildman–Crippen LogP) is 4.09. The summed E-state index contributed by atoms with van der Waals surface area (Å²) < 4.78 is 22.5. The highest BCUT2D eigenvalue weighted by molar-refractivity contribution is 6.59. The van der Waals surface area contributed by atoms with E-state index >= 15 is 0 Å². The van der Waals surface area contributed by atoms with E-state index in [-0.39, 0.29) is 0 Å². The molecule has 0 amide bonds. The molecule has 0 rings (SSSR count). The van der Waals surface area contributed by atoms with Gasteiger partial charge in [-0.3, -0.25) is 0 Å². The summed E-state index contributed by atoms with van der Waals surface area (Å²) in [5, 5.41) is 0. The second-order valence-corrected chi connectivity index (χ2v) is 8.98. The summed E-state index contributed by atoms with van der Waals surface area (Å²) in [6.07, 6.45) is 9.16. The van der Waals surface area contributed by atoms with Crippen LogP contribution in [0.2, 0.25) is 6.55 Å². The molecule has 6 heteroatoms. The van der Waals surface area contributed by atoms with Gasteiger partial charge in [0.15, 0.2) is 0 Å². The lowest BCUT2D eigenvalue weighted by molar-refractivity contribution is 0.0628. The molecule has 0 N–H and O–H groups in total. The van der Waals surface area contributed by atoms with E-state index in [2.05, 4.69) is 27.7 Å². The first-order chi connectivity index (χ1) is 11.1. The number of hydrogen-bond donors (Lipinski definition) is 0. The van der Waals surface area contributed by atoms with Crippen LogP contribution in [0.5, 0.6) is 0 Å². The maximum absolute atomic E-state index is 5.86. The van der Waals surface area contributed by atoms with E-state index in [0.717, 1.165) is 75.4 Å². The molecule has 0 atom stereocenters. The van der Waals surface area contributed by atoms with Gasteiger partial charge in [0.1, 0.15) is 10.5 Å². The fourth-order valence-corrected chi connectivity index (χ4v) is 3.70. The quantitative estimate of drug-likeness (QED) is 0.323. The van der Waals surface area contributed by atoms with Gasteiger partial charge < -0.3 is 17.7 Å². The van der Waals surface area contributed by atoms with Crippen LogP contribution < -0.4 is 0 Å². The van der Waals surface area contributed by atoms with E-state index in [1.165, 1.54) is 12.8 Å². The Labute approximate surface area is 149 Å². The van der Waals surface area contributed by atoms with Crippen LogP contribution in [0.4, 0.5) is 0 Å². The van der Waals surface area contributed by atoms with E-state index in [0.29, 0.717) is 0 Å². The Kier molecular flexibility index (Phi) is 22.5. The average molecular weight is 367 g/mol. The Balaban J connectivity index is 0. The van der Waals surface area contributed by atoms with Crippen molar-refractivity contribution in [2.45, 2.75) is 85.6 Å². The van der Waals surface area contributed by atoms with E-state index in [1.807, 2.05) is 6.55 Å². The Morgan fingerprint density at radius 2 is 0.913 bits per heavy atom. The highest BCUT2D eigenvalue weighted by atomic mass is 28.4. The van der Waals surface area contributed by atoms with Gasteiger partial charge in [0.05, 0.1) is 0 Å². The Hall–Kier alpha value is 0.274. The smallest absolute Gasteiger partial charge is 0.428 e. The molecule has 0 radical (unpaired) electrons.